The van der Waals surface area contributed by atoms with Gasteiger partial charge in [0.2, 0.25) is 5.91 Å². The number of nitrogens with zero attached hydrogens (tertiary/aromatic N) is 2. The zero-order valence-corrected chi connectivity index (χ0v) is 12.8. The van der Waals surface area contributed by atoms with Crippen LogP contribution in [0.2, 0.25) is 0 Å². The maximum atomic E-state index is 12.5. The summed E-state index contributed by atoms with van der Waals surface area (Å²) in [6, 6.07) is 10.1. The normalized spacial score (nSPS) is 23.4. The van der Waals surface area contributed by atoms with Gasteiger partial charge in [0, 0.05) is 19.6 Å². The predicted molar refractivity (Wildman–Crippen MR) is 85.1 cm³/mol. The molecule has 2 aliphatic rings. The molecule has 1 atom stereocenters. The van der Waals surface area contributed by atoms with E-state index in [9.17, 15) is 4.79 Å². The van der Waals surface area contributed by atoms with Crippen LogP contribution in [0.25, 0.3) is 0 Å². The molecule has 1 unspecified atom stereocenters. The molecule has 0 aliphatic carbocycles. The second kappa shape index (κ2) is 7.08. The van der Waals surface area contributed by atoms with Crippen molar-refractivity contribution >= 4 is 5.91 Å². The van der Waals surface area contributed by atoms with E-state index in [1.807, 2.05) is 30.3 Å². The molecule has 3 heteroatoms. The first-order chi connectivity index (χ1) is 10.3. The van der Waals surface area contributed by atoms with Gasteiger partial charge in [0.15, 0.2) is 0 Å². The second-order valence-electron chi connectivity index (χ2n) is 6.52. The third-order valence-corrected chi connectivity index (χ3v) is 4.78. The number of benzene rings is 1. The topological polar surface area (TPSA) is 23.6 Å². The van der Waals surface area contributed by atoms with Crippen LogP contribution < -0.4 is 0 Å². The highest BCUT2D eigenvalue weighted by Gasteiger charge is 2.25. The van der Waals surface area contributed by atoms with Crippen LogP contribution in [0.3, 0.4) is 0 Å². The van der Waals surface area contributed by atoms with E-state index in [-0.39, 0.29) is 0 Å². The van der Waals surface area contributed by atoms with E-state index < -0.39 is 0 Å². The minimum absolute atomic E-state index is 0.298. The lowest BCUT2D eigenvalue weighted by molar-refractivity contribution is -0.132. The van der Waals surface area contributed by atoms with Gasteiger partial charge in [-0.3, -0.25) is 4.79 Å². The summed E-state index contributed by atoms with van der Waals surface area (Å²) in [5.41, 5.74) is 1.13. The van der Waals surface area contributed by atoms with Crippen molar-refractivity contribution < 1.29 is 4.79 Å². The van der Waals surface area contributed by atoms with Crippen molar-refractivity contribution in [1.82, 2.24) is 9.80 Å². The lowest BCUT2D eigenvalue weighted by Crippen LogP contribution is -2.43. The van der Waals surface area contributed by atoms with Crippen molar-refractivity contribution in [3.8, 4) is 0 Å². The summed E-state index contributed by atoms with van der Waals surface area (Å²) in [6.07, 6.45) is 5.70. The van der Waals surface area contributed by atoms with Crippen molar-refractivity contribution in [2.24, 2.45) is 5.92 Å². The van der Waals surface area contributed by atoms with E-state index in [0.29, 0.717) is 18.2 Å². The zero-order valence-electron chi connectivity index (χ0n) is 12.8. The smallest absolute Gasteiger partial charge is 0.226 e. The molecule has 21 heavy (non-hydrogen) atoms. The number of hydrogen-bond acceptors (Lipinski definition) is 2. The van der Waals surface area contributed by atoms with Crippen molar-refractivity contribution in [1.29, 1.82) is 0 Å². The highest BCUT2D eigenvalue weighted by atomic mass is 16.2. The van der Waals surface area contributed by atoms with Gasteiger partial charge < -0.3 is 9.80 Å². The number of carbonyl (C=O) groups is 1. The van der Waals surface area contributed by atoms with Gasteiger partial charge >= 0.3 is 0 Å². The van der Waals surface area contributed by atoms with Crippen LogP contribution in [-0.2, 0) is 11.2 Å². The van der Waals surface area contributed by atoms with Crippen LogP contribution in [0.15, 0.2) is 30.3 Å². The summed E-state index contributed by atoms with van der Waals surface area (Å²) in [7, 11) is 0. The van der Waals surface area contributed by atoms with Crippen molar-refractivity contribution in [3.05, 3.63) is 35.9 Å². The Bertz CT molecular complexity index is 454. The maximum absolute atomic E-state index is 12.5. The molecule has 3 rings (SSSR count). The van der Waals surface area contributed by atoms with Gasteiger partial charge in [-0.2, -0.15) is 0 Å². The molecule has 0 saturated carbocycles. The maximum Gasteiger partial charge on any atom is 0.226 e. The van der Waals surface area contributed by atoms with Crippen molar-refractivity contribution in [2.75, 3.05) is 32.7 Å². The Morgan fingerprint density at radius 3 is 2.57 bits per heavy atom. The molecule has 0 radical (unpaired) electrons. The SMILES string of the molecule is O=C(Cc1ccccc1)N1CCCC(CN2CCCC2)C1. The quantitative estimate of drug-likeness (QED) is 0.849. The molecule has 2 saturated heterocycles. The van der Waals surface area contributed by atoms with E-state index in [1.165, 1.54) is 45.3 Å². The van der Waals surface area contributed by atoms with E-state index in [4.69, 9.17) is 0 Å². The molecule has 0 N–H and O–H groups in total. The van der Waals surface area contributed by atoms with Crippen LogP contribution in [0, 0.1) is 5.92 Å². The molecule has 114 valence electrons. The van der Waals surface area contributed by atoms with E-state index in [1.54, 1.807) is 0 Å². The Morgan fingerprint density at radius 1 is 1.05 bits per heavy atom. The molecule has 2 aliphatic heterocycles. The minimum Gasteiger partial charge on any atom is -0.342 e. The van der Waals surface area contributed by atoms with E-state index in [2.05, 4.69) is 9.80 Å². The first kappa shape index (κ1) is 14.6. The Balaban J connectivity index is 1.51. The Morgan fingerprint density at radius 2 is 1.81 bits per heavy atom. The molecule has 0 spiro atoms. The number of amides is 1. The Kier molecular flexibility index (Phi) is 4.91. The summed E-state index contributed by atoms with van der Waals surface area (Å²) < 4.78 is 0. The van der Waals surface area contributed by atoms with Crippen LogP contribution in [0.4, 0.5) is 0 Å². The largest absolute Gasteiger partial charge is 0.342 e. The van der Waals surface area contributed by atoms with Gasteiger partial charge in [-0.1, -0.05) is 30.3 Å². The summed E-state index contributed by atoms with van der Waals surface area (Å²) >= 11 is 0. The van der Waals surface area contributed by atoms with Gasteiger partial charge in [-0.05, 0) is 50.3 Å². The minimum atomic E-state index is 0.298. The van der Waals surface area contributed by atoms with E-state index >= 15 is 0 Å². The average molecular weight is 286 g/mol. The fourth-order valence-electron chi connectivity index (χ4n) is 3.65. The van der Waals surface area contributed by atoms with Crippen LogP contribution in [0.1, 0.15) is 31.2 Å². The highest BCUT2D eigenvalue weighted by Crippen LogP contribution is 2.20. The van der Waals surface area contributed by atoms with Gasteiger partial charge in [0.25, 0.3) is 0 Å². The molecular formula is C18H26N2O. The van der Waals surface area contributed by atoms with Crippen molar-refractivity contribution in [2.45, 2.75) is 32.1 Å². The fraction of sp³-hybridized carbons (Fsp3) is 0.611. The Labute approximate surface area is 127 Å². The number of likely N-dealkylation sites (tertiary alicyclic amines) is 2. The monoisotopic (exact) mass is 286 g/mol. The van der Waals surface area contributed by atoms with Gasteiger partial charge in [-0.15, -0.1) is 0 Å². The molecule has 1 aromatic rings. The molecule has 0 aromatic heterocycles. The van der Waals surface area contributed by atoms with E-state index in [0.717, 1.165) is 18.7 Å². The van der Waals surface area contributed by atoms with Crippen LogP contribution in [-0.4, -0.2) is 48.4 Å². The molecule has 0 bridgehead atoms. The van der Waals surface area contributed by atoms with Crippen molar-refractivity contribution in [3.63, 3.8) is 0 Å². The summed E-state index contributed by atoms with van der Waals surface area (Å²) in [4.78, 5) is 17.1. The fourth-order valence-corrected chi connectivity index (χ4v) is 3.65. The van der Waals surface area contributed by atoms with Gasteiger partial charge in [-0.25, -0.2) is 0 Å². The molecular weight excluding hydrogens is 260 g/mol. The number of carbonyl (C=O) groups excluding carboxylic acids is 1. The molecule has 1 aromatic carbocycles. The average Bonchev–Trinajstić information content (AvgIpc) is 3.01. The van der Waals surface area contributed by atoms with Crippen LogP contribution >= 0.6 is 0 Å². The molecule has 3 nitrogen and oxygen atoms in total. The third kappa shape index (κ3) is 4.07. The summed E-state index contributed by atoms with van der Waals surface area (Å²) in [6.45, 7) is 5.61. The number of piperidine rings is 1. The van der Waals surface area contributed by atoms with Gasteiger partial charge in [0.1, 0.15) is 0 Å². The van der Waals surface area contributed by atoms with Crippen LogP contribution in [0.5, 0.6) is 0 Å². The third-order valence-electron chi connectivity index (χ3n) is 4.78. The Hall–Kier alpha value is -1.35. The molecule has 2 heterocycles. The first-order valence-corrected chi connectivity index (χ1v) is 8.35. The summed E-state index contributed by atoms with van der Waals surface area (Å²) in [5, 5.41) is 0. The standard InChI is InChI=1S/C18H26N2O/c21-18(13-16-7-2-1-3-8-16)20-12-6-9-17(15-20)14-19-10-4-5-11-19/h1-3,7-8,17H,4-6,9-15H2. The lowest BCUT2D eigenvalue weighted by Gasteiger charge is -2.34. The highest BCUT2D eigenvalue weighted by molar-refractivity contribution is 5.78. The second-order valence-corrected chi connectivity index (χ2v) is 6.52. The predicted octanol–water partition coefficient (Wildman–Crippen LogP) is 2.56. The van der Waals surface area contributed by atoms with Gasteiger partial charge in [0.05, 0.1) is 6.42 Å². The zero-order chi connectivity index (χ0) is 14.5. The number of rotatable bonds is 4. The summed E-state index contributed by atoms with van der Waals surface area (Å²) in [5.74, 6) is 0.976. The molecule has 2 fully saturated rings. The first-order valence-electron chi connectivity index (χ1n) is 8.35. The number of hydrogen-bond donors (Lipinski definition) is 0. The lowest BCUT2D eigenvalue weighted by atomic mass is 9.97. The molecule has 1 amide bonds.